The van der Waals surface area contributed by atoms with Crippen molar-refractivity contribution in [3.63, 3.8) is 0 Å². The molecule has 0 aromatic carbocycles. The second-order valence-electron chi connectivity index (χ2n) is 3.71. The Morgan fingerprint density at radius 1 is 1.56 bits per heavy atom. The molecule has 0 fully saturated rings. The molecule has 0 unspecified atom stereocenters. The Hall–Kier alpha value is -1.03. The van der Waals surface area contributed by atoms with E-state index < -0.39 is 0 Å². The van der Waals surface area contributed by atoms with E-state index in [1.165, 1.54) is 0 Å². The van der Waals surface area contributed by atoms with E-state index in [2.05, 4.69) is 5.10 Å². The van der Waals surface area contributed by atoms with Gasteiger partial charge in [-0.3, -0.25) is 9.48 Å². The Morgan fingerprint density at radius 2 is 2.12 bits per heavy atom. The first-order valence-electron chi connectivity index (χ1n) is 5.51. The summed E-state index contributed by atoms with van der Waals surface area (Å²) in [6, 6.07) is -0.299. The van der Waals surface area contributed by atoms with Crippen molar-refractivity contribution in [2.45, 2.75) is 33.7 Å². The largest absolute Gasteiger partial charge is 0.341 e. The molecule has 0 aliphatic carbocycles. The van der Waals surface area contributed by atoms with Gasteiger partial charge in [-0.25, -0.2) is 0 Å². The van der Waals surface area contributed by atoms with E-state index in [9.17, 15) is 4.79 Å². The van der Waals surface area contributed by atoms with Crippen LogP contribution in [0.2, 0.25) is 5.02 Å². The van der Waals surface area contributed by atoms with Gasteiger partial charge in [0.25, 0.3) is 0 Å². The maximum absolute atomic E-state index is 12.1. The summed E-state index contributed by atoms with van der Waals surface area (Å²) in [6.45, 7) is 9.08. The lowest BCUT2D eigenvalue weighted by Gasteiger charge is -2.23. The molecule has 0 aliphatic rings. The minimum absolute atomic E-state index is 0.0767. The number of hydrogen-bond donors (Lipinski definition) is 0. The minimum Gasteiger partial charge on any atom is -0.341 e. The first-order valence-corrected chi connectivity index (χ1v) is 5.89. The van der Waals surface area contributed by atoms with Crippen LogP contribution in [0.15, 0.2) is 6.20 Å². The van der Waals surface area contributed by atoms with Gasteiger partial charge in [0.2, 0.25) is 5.91 Å². The highest BCUT2D eigenvalue weighted by Gasteiger charge is 2.22. The number of aromatic nitrogens is 2. The summed E-state index contributed by atoms with van der Waals surface area (Å²) in [4.78, 5) is 13.9. The second-order valence-corrected chi connectivity index (χ2v) is 4.12. The summed E-state index contributed by atoms with van der Waals surface area (Å²) in [5.74, 6) is 0.0767. The van der Waals surface area contributed by atoms with Crippen LogP contribution in [0, 0.1) is 6.92 Å². The van der Waals surface area contributed by atoms with E-state index in [1.807, 2.05) is 27.7 Å². The third kappa shape index (κ3) is 2.38. The minimum atomic E-state index is -0.299. The van der Waals surface area contributed by atoms with Crippen molar-refractivity contribution in [1.82, 2.24) is 14.7 Å². The summed E-state index contributed by atoms with van der Waals surface area (Å²) >= 11 is 5.92. The fourth-order valence-corrected chi connectivity index (χ4v) is 1.83. The lowest BCUT2D eigenvalue weighted by atomic mass is 10.2. The maximum atomic E-state index is 12.1. The summed E-state index contributed by atoms with van der Waals surface area (Å²) in [5, 5.41) is 4.72. The molecule has 0 radical (unpaired) electrons. The number of carbonyl (C=O) groups excluding carboxylic acids is 1. The number of nitrogens with zero attached hydrogens (tertiary/aromatic N) is 3. The molecule has 0 N–H and O–H groups in total. The molecule has 0 saturated carbocycles. The summed E-state index contributed by atoms with van der Waals surface area (Å²) in [7, 11) is 0. The molecule has 0 spiro atoms. The summed E-state index contributed by atoms with van der Waals surface area (Å²) < 4.78 is 1.67. The quantitative estimate of drug-likeness (QED) is 0.814. The van der Waals surface area contributed by atoms with E-state index in [-0.39, 0.29) is 11.9 Å². The van der Waals surface area contributed by atoms with Crippen molar-refractivity contribution >= 4 is 17.5 Å². The molecule has 0 saturated heterocycles. The van der Waals surface area contributed by atoms with E-state index >= 15 is 0 Å². The van der Waals surface area contributed by atoms with Crippen molar-refractivity contribution in [2.75, 3.05) is 13.1 Å². The van der Waals surface area contributed by atoms with Crippen LogP contribution in [0.1, 0.15) is 32.5 Å². The highest BCUT2D eigenvalue weighted by atomic mass is 35.5. The van der Waals surface area contributed by atoms with Crippen molar-refractivity contribution < 1.29 is 4.79 Å². The van der Waals surface area contributed by atoms with E-state index in [1.54, 1.807) is 15.8 Å². The number of carbonyl (C=O) groups is 1. The van der Waals surface area contributed by atoms with Crippen molar-refractivity contribution in [3.05, 3.63) is 16.9 Å². The Labute approximate surface area is 101 Å². The third-order valence-electron chi connectivity index (χ3n) is 2.78. The topological polar surface area (TPSA) is 38.1 Å². The van der Waals surface area contributed by atoms with Crippen molar-refractivity contribution in [1.29, 1.82) is 0 Å². The molecule has 90 valence electrons. The van der Waals surface area contributed by atoms with E-state index in [0.29, 0.717) is 18.1 Å². The summed E-state index contributed by atoms with van der Waals surface area (Å²) in [5.41, 5.74) is 0.828. The lowest BCUT2D eigenvalue weighted by molar-refractivity contribution is -0.134. The van der Waals surface area contributed by atoms with Gasteiger partial charge in [0, 0.05) is 13.1 Å². The Kier molecular flexibility index (Phi) is 4.35. The van der Waals surface area contributed by atoms with Crippen LogP contribution < -0.4 is 0 Å². The van der Waals surface area contributed by atoms with Gasteiger partial charge in [0.1, 0.15) is 6.04 Å². The van der Waals surface area contributed by atoms with Crippen LogP contribution in [0.25, 0.3) is 0 Å². The molecule has 1 heterocycles. The lowest BCUT2D eigenvalue weighted by Crippen LogP contribution is -2.36. The molecule has 5 heteroatoms. The number of halogens is 1. The smallest absolute Gasteiger partial charge is 0.247 e. The first kappa shape index (κ1) is 13.0. The van der Waals surface area contributed by atoms with E-state index in [4.69, 9.17) is 11.6 Å². The predicted molar refractivity (Wildman–Crippen MR) is 64.6 cm³/mol. The van der Waals surface area contributed by atoms with Gasteiger partial charge in [-0.1, -0.05) is 11.6 Å². The fourth-order valence-electron chi connectivity index (χ4n) is 1.70. The van der Waals surface area contributed by atoms with Crippen LogP contribution in [0.4, 0.5) is 0 Å². The molecule has 1 amide bonds. The Bertz CT molecular complexity index is 371. The van der Waals surface area contributed by atoms with Crippen LogP contribution in [0.5, 0.6) is 0 Å². The average Bonchev–Trinajstić information content (AvgIpc) is 2.60. The van der Waals surface area contributed by atoms with Gasteiger partial charge in [-0.2, -0.15) is 5.10 Å². The SMILES string of the molecule is CCN(CC)C(=O)[C@@H](C)n1ncc(Cl)c1C. The van der Waals surface area contributed by atoms with Gasteiger partial charge < -0.3 is 4.90 Å². The zero-order valence-corrected chi connectivity index (χ0v) is 11.0. The van der Waals surface area contributed by atoms with Gasteiger partial charge in [-0.15, -0.1) is 0 Å². The molecule has 4 nitrogen and oxygen atoms in total. The average molecular weight is 244 g/mol. The number of hydrogen-bond acceptors (Lipinski definition) is 2. The van der Waals surface area contributed by atoms with Crippen LogP contribution in [-0.4, -0.2) is 33.7 Å². The highest BCUT2D eigenvalue weighted by molar-refractivity contribution is 6.31. The predicted octanol–water partition coefficient (Wildman–Crippen LogP) is 2.27. The zero-order chi connectivity index (χ0) is 12.3. The van der Waals surface area contributed by atoms with Crippen molar-refractivity contribution in [2.24, 2.45) is 0 Å². The molecule has 0 aliphatic heterocycles. The van der Waals surface area contributed by atoms with Gasteiger partial charge in [0.15, 0.2) is 0 Å². The molecular weight excluding hydrogens is 226 g/mol. The van der Waals surface area contributed by atoms with Gasteiger partial charge in [0.05, 0.1) is 16.9 Å². The first-order chi connectivity index (χ1) is 7.52. The zero-order valence-electron chi connectivity index (χ0n) is 10.2. The summed E-state index contributed by atoms with van der Waals surface area (Å²) in [6.07, 6.45) is 1.57. The third-order valence-corrected chi connectivity index (χ3v) is 3.16. The van der Waals surface area contributed by atoms with E-state index in [0.717, 1.165) is 5.69 Å². The maximum Gasteiger partial charge on any atom is 0.247 e. The van der Waals surface area contributed by atoms with Crippen molar-refractivity contribution in [3.8, 4) is 0 Å². The Morgan fingerprint density at radius 3 is 2.50 bits per heavy atom. The van der Waals surface area contributed by atoms with Crippen LogP contribution >= 0.6 is 11.6 Å². The number of amides is 1. The highest BCUT2D eigenvalue weighted by Crippen LogP contribution is 2.18. The molecule has 1 aromatic rings. The fraction of sp³-hybridized carbons (Fsp3) is 0.636. The van der Waals surface area contributed by atoms with Gasteiger partial charge in [-0.05, 0) is 27.7 Å². The molecule has 1 rings (SSSR count). The number of likely N-dealkylation sites (N-methyl/N-ethyl adjacent to an activating group) is 1. The molecule has 1 aromatic heterocycles. The molecular formula is C11H18ClN3O. The van der Waals surface area contributed by atoms with Crippen LogP contribution in [-0.2, 0) is 4.79 Å². The molecule has 1 atom stereocenters. The van der Waals surface area contributed by atoms with Gasteiger partial charge >= 0.3 is 0 Å². The normalized spacial score (nSPS) is 12.6. The molecule has 16 heavy (non-hydrogen) atoms. The standard InChI is InChI=1S/C11H18ClN3O/c1-5-14(6-2)11(16)9(4)15-8(3)10(12)7-13-15/h7,9H,5-6H2,1-4H3/t9-/m1/s1. The van der Waals surface area contributed by atoms with Crippen LogP contribution in [0.3, 0.4) is 0 Å². The Balaban J connectivity index is 2.89. The molecule has 0 bridgehead atoms. The monoisotopic (exact) mass is 243 g/mol. The number of rotatable bonds is 4. The second kappa shape index (κ2) is 5.34.